The molecule has 1 atom stereocenters. The zero-order valence-electron chi connectivity index (χ0n) is 14.9. The Balaban J connectivity index is 1.82. The third-order valence-electron chi connectivity index (χ3n) is 4.37. The molecule has 0 saturated carbocycles. The molecular weight excluding hydrogens is 484 g/mol. The van der Waals surface area contributed by atoms with E-state index in [1.165, 1.54) is 0 Å². The number of carbonyl (C=O) groups is 1. The minimum Gasteiger partial charge on any atom is -0.358 e. The normalized spacial score (nSPS) is 20.0. The topological polar surface area (TPSA) is 57.1 Å². The summed E-state index contributed by atoms with van der Waals surface area (Å²) in [6.45, 7) is 1.88. The van der Waals surface area contributed by atoms with Gasteiger partial charge in [-0.15, -0.1) is 0 Å². The zero-order valence-corrected chi connectivity index (χ0v) is 18.1. The first kappa shape index (κ1) is 18.8. The van der Waals surface area contributed by atoms with Crippen LogP contribution in [0.2, 0.25) is 0 Å². The summed E-state index contributed by atoms with van der Waals surface area (Å²) in [4.78, 5) is 24.4. The molecule has 5 nitrogen and oxygen atoms in total. The Kier molecular flexibility index (Phi) is 5.28. The van der Waals surface area contributed by atoms with Gasteiger partial charge < -0.3 is 5.32 Å². The molecule has 0 fully saturated rings. The van der Waals surface area contributed by atoms with Gasteiger partial charge in [0.15, 0.2) is 11.9 Å². The number of amidine groups is 1. The first-order valence-corrected chi connectivity index (χ1v) is 10.2. The zero-order chi connectivity index (χ0) is 19.7. The van der Waals surface area contributed by atoms with Gasteiger partial charge in [-0.3, -0.25) is 9.69 Å². The molecule has 2 heterocycles. The van der Waals surface area contributed by atoms with Crippen molar-refractivity contribution in [2.45, 2.75) is 13.1 Å². The first-order chi connectivity index (χ1) is 13.5. The molecule has 1 amide bonds. The van der Waals surface area contributed by atoms with Gasteiger partial charge in [0.2, 0.25) is 0 Å². The highest BCUT2D eigenvalue weighted by molar-refractivity contribution is 9.11. The van der Waals surface area contributed by atoms with Crippen LogP contribution in [0.1, 0.15) is 6.92 Å². The van der Waals surface area contributed by atoms with Crippen LogP contribution in [-0.4, -0.2) is 28.5 Å². The molecule has 2 aliphatic rings. The summed E-state index contributed by atoms with van der Waals surface area (Å²) in [7, 11) is 0. The third-order valence-corrected chi connectivity index (χ3v) is 5.73. The molecule has 28 heavy (non-hydrogen) atoms. The van der Waals surface area contributed by atoms with Gasteiger partial charge >= 0.3 is 0 Å². The fraction of sp³-hybridized carbons (Fsp3) is 0.0952. The van der Waals surface area contributed by atoms with E-state index in [2.05, 4.69) is 42.2 Å². The molecular formula is C21H16Br2N4O. The van der Waals surface area contributed by atoms with Gasteiger partial charge in [0.1, 0.15) is 5.84 Å². The number of aliphatic imine (C=N–C) groups is 2. The van der Waals surface area contributed by atoms with E-state index >= 15 is 0 Å². The number of anilines is 1. The Morgan fingerprint density at radius 2 is 1.79 bits per heavy atom. The molecule has 4 rings (SSSR count). The minimum absolute atomic E-state index is 0.191. The van der Waals surface area contributed by atoms with E-state index in [-0.39, 0.29) is 5.91 Å². The summed E-state index contributed by atoms with van der Waals surface area (Å²) >= 11 is 7.04. The Morgan fingerprint density at radius 1 is 1.07 bits per heavy atom. The molecule has 140 valence electrons. The molecule has 0 bridgehead atoms. The van der Waals surface area contributed by atoms with E-state index in [4.69, 9.17) is 4.99 Å². The number of halogens is 2. The van der Waals surface area contributed by atoms with Crippen LogP contribution in [0.3, 0.4) is 0 Å². The number of benzene rings is 2. The van der Waals surface area contributed by atoms with Crippen molar-refractivity contribution in [2.24, 2.45) is 9.98 Å². The van der Waals surface area contributed by atoms with E-state index in [1.54, 1.807) is 4.90 Å². The molecule has 2 aromatic rings. The van der Waals surface area contributed by atoms with Gasteiger partial charge in [-0.2, -0.15) is 0 Å². The summed E-state index contributed by atoms with van der Waals surface area (Å²) in [6.07, 6.45) is 4.99. The maximum Gasteiger partial charge on any atom is 0.282 e. The Morgan fingerprint density at radius 3 is 2.54 bits per heavy atom. The summed E-state index contributed by atoms with van der Waals surface area (Å²) in [5.41, 5.74) is 2.66. The molecule has 0 radical (unpaired) electrons. The minimum atomic E-state index is -0.611. The quantitative estimate of drug-likeness (QED) is 0.611. The molecule has 7 heteroatoms. The van der Waals surface area contributed by atoms with Crippen LogP contribution in [-0.2, 0) is 4.79 Å². The Labute approximate surface area is 179 Å². The van der Waals surface area contributed by atoms with Crippen LogP contribution in [0.25, 0.3) is 0 Å². The lowest BCUT2D eigenvalue weighted by atomic mass is 10.1. The lowest BCUT2D eigenvalue weighted by Crippen LogP contribution is -2.51. The summed E-state index contributed by atoms with van der Waals surface area (Å²) in [5, 5.41) is 3.34. The number of para-hydroxylation sites is 2. The van der Waals surface area contributed by atoms with Crippen molar-refractivity contribution in [3.63, 3.8) is 0 Å². The van der Waals surface area contributed by atoms with Crippen molar-refractivity contribution in [3.8, 4) is 0 Å². The molecule has 1 unspecified atom stereocenters. The average molecular weight is 500 g/mol. The van der Waals surface area contributed by atoms with Gasteiger partial charge in [-0.1, -0.05) is 30.3 Å². The van der Waals surface area contributed by atoms with Crippen LogP contribution >= 0.6 is 31.9 Å². The lowest BCUT2D eigenvalue weighted by molar-refractivity contribution is -0.119. The number of rotatable bonds is 3. The average Bonchev–Trinajstić information content (AvgIpc) is 2.68. The summed E-state index contributed by atoms with van der Waals surface area (Å²) in [6, 6.07) is 15.3. The van der Waals surface area contributed by atoms with E-state index in [9.17, 15) is 4.79 Å². The predicted octanol–water partition coefficient (Wildman–Crippen LogP) is 5.44. The van der Waals surface area contributed by atoms with Crippen LogP contribution in [0.4, 0.5) is 11.4 Å². The van der Waals surface area contributed by atoms with E-state index in [0.717, 1.165) is 20.3 Å². The number of nitrogens with zero attached hydrogens (tertiary/aromatic N) is 3. The largest absolute Gasteiger partial charge is 0.358 e. The molecule has 1 N–H and O–H groups in total. The first-order valence-electron chi connectivity index (χ1n) is 8.66. The van der Waals surface area contributed by atoms with E-state index in [1.807, 2.05) is 73.7 Å². The second kappa shape index (κ2) is 7.85. The second-order valence-corrected chi connectivity index (χ2v) is 7.98. The van der Waals surface area contributed by atoms with Crippen molar-refractivity contribution in [2.75, 3.05) is 5.32 Å². The maximum absolute atomic E-state index is 13.3. The van der Waals surface area contributed by atoms with E-state index in [0.29, 0.717) is 17.2 Å². The number of allylic oxidation sites excluding steroid dienone is 3. The number of carbonyl (C=O) groups excluding carboxylic acids is 1. The van der Waals surface area contributed by atoms with Crippen LogP contribution in [0.5, 0.6) is 0 Å². The smallest absolute Gasteiger partial charge is 0.282 e. The van der Waals surface area contributed by atoms with Crippen molar-refractivity contribution in [1.29, 1.82) is 0 Å². The third kappa shape index (κ3) is 3.59. The van der Waals surface area contributed by atoms with Crippen molar-refractivity contribution >= 4 is 60.7 Å². The highest BCUT2D eigenvalue weighted by Gasteiger charge is 2.36. The molecule has 2 aromatic carbocycles. The fourth-order valence-corrected chi connectivity index (χ4v) is 3.77. The van der Waals surface area contributed by atoms with Crippen LogP contribution in [0, 0.1) is 0 Å². The van der Waals surface area contributed by atoms with Gasteiger partial charge in [-0.05, 0) is 75.2 Å². The molecule has 0 aliphatic carbocycles. The monoisotopic (exact) mass is 498 g/mol. The Bertz CT molecular complexity index is 1070. The Hall–Kier alpha value is -2.51. The van der Waals surface area contributed by atoms with Gasteiger partial charge in [-0.25, -0.2) is 9.98 Å². The molecule has 2 aliphatic heterocycles. The van der Waals surface area contributed by atoms with Crippen molar-refractivity contribution in [3.05, 3.63) is 81.4 Å². The second-order valence-electron chi connectivity index (χ2n) is 6.27. The number of hydrogen-bond acceptors (Lipinski definition) is 4. The number of fused-ring (bicyclic) bond motifs is 1. The molecule has 0 saturated heterocycles. The molecule has 0 spiro atoms. The summed E-state index contributed by atoms with van der Waals surface area (Å²) < 4.78 is 1.70. The standard InChI is InChI=1S/C21H16Br2N4O/c1-13-7-6-12-18-26-20(25-17-11-5-3-9-15(17)23)19(21(28)27(13)18)24-16-10-4-2-8-14(16)22/h2-12,20,25H,1H3. The number of hydrogen-bond donors (Lipinski definition) is 1. The van der Waals surface area contributed by atoms with Crippen molar-refractivity contribution in [1.82, 2.24) is 4.90 Å². The van der Waals surface area contributed by atoms with Crippen LogP contribution < -0.4 is 5.32 Å². The lowest BCUT2D eigenvalue weighted by Gasteiger charge is -2.33. The SMILES string of the molecule is CC1=CC=CC2=NC(Nc3ccccc3Br)C(=Nc3ccccc3Br)C(=O)N12. The predicted molar refractivity (Wildman–Crippen MR) is 120 cm³/mol. The highest BCUT2D eigenvalue weighted by atomic mass is 79.9. The van der Waals surface area contributed by atoms with Crippen LogP contribution in [0.15, 0.2) is 91.4 Å². The van der Waals surface area contributed by atoms with Gasteiger partial charge in [0, 0.05) is 14.6 Å². The number of nitrogens with one attached hydrogen (secondary N) is 1. The van der Waals surface area contributed by atoms with Gasteiger partial charge in [0.05, 0.1) is 11.4 Å². The molecule has 0 aromatic heterocycles. The summed E-state index contributed by atoms with van der Waals surface area (Å²) in [5.74, 6) is 0.407. The highest BCUT2D eigenvalue weighted by Crippen LogP contribution is 2.29. The number of amides is 1. The van der Waals surface area contributed by atoms with Crippen molar-refractivity contribution < 1.29 is 4.79 Å². The van der Waals surface area contributed by atoms with E-state index < -0.39 is 6.17 Å². The fourth-order valence-electron chi connectivity index (χ4n) is 3.00. The maximum atomic E-state index is 13.3. The van der Waals surface area contributed by atoms with Gasteiger partial charge in [0.25, 0.3) is 5.91 Å².